The predicted molar refractivity (Wildman–Crippen MR) is 117 cm³/mol. The lowest BCUT2D eigenvalue weighted by atomic mass is 10.1. The summed E-state index contributed by atoms with van der Waals surface area (Å²) in [4.78, 5) is 13.1. The van der Waals surface area contributed by atoms with Crippen molar-refractivity contribution < 1.29 is 17.9 Å². The van der Waals surface area contributed by atoms with Crippen LogP contribution < -0.4 is 14.8 Å². The number of hydrogen-bond donors (Lipinski definition) is 2. The third-order valence-corrected chi connectivity index (χ3v) is 6.07. The van der Waals surface area contributed by atoms with Gasteiger partial charge in [0.15, 0.2) is 0 Å². The third-order valence-electron chi connectivity index (χ3n) is 4.59. The molecule has 30 heavy (non-hydrogen) atoms. The summed E-state index contributed by atoms with van der Waals surface area (Å²) in [5.74, 6) is 0.216. The van der Waals surface area contributed by atoms with Crippen LogP contribution in [0.4, 0.5) is 5.69 Å². The molecule has 0 aromatic heterocycles. The second-order valence-electron chi connectivity index (χ2n) is 6.89. The highest BCUT2D eigenvalue weighted by molar-refractivity contribution is 7.89. The Morgan fingerprint density at radius 3 is 2.17 bits per heavy atom. The van der Waals surface area contributed by atoms with Crippen LogP contribution in [0, 0.1) is 6.92 Å². The summed E-state index contributed by atoms with van der Waals surface area (Å²) in [6, 6.07) is 21.6. The zero-order valence-corrected chi connectivity index (χ0v) is 17.6. The van der Waals surface area contributed by atoms with E-state index >= 15 is 0 Å². The minimum atomic E-state index is -3.88. The van der Waals surface area contributed by atoms with Gasteiger partial charge in [-0.05, 0) is 55.3 Å². The number of amides is 1. The van der Waals surface area contributed by atoms with E-state index in [1.807, 2.05) is 37.3 Å². The summed E-state index contributed by atoms with van der Waals surface area (Å²) in [5, 5.41) is 2.78. The molecule has 0 aliphatic rings. The fourth-order valence-electron chi connectivity index (χ4n) is 2.91. The van der Waals surface area contributed by atoms with Crippen molar-refractivity contribution in [2.75, 3.05) is 12.4 Å². The van der Waals surface area contributed by atoms with E-state index in [0.717, 1.165) is 11.1 Å². The number of carbonyl (C=O) groups is 1. The minimum absolute atomic E-state index is 0.114. The van der Waals surface area contributed by atoms with Crippen molar-refractivity contribution in [2.24, 2.45) is 0 Å². The lowest BCUT2D eigenvalue weighted by molar-refractivity contribution is -0.117. The Kier molecular flexibility index (Phi) is 6.87. The summed E-state index contributed by atoms with van der Waals surface area (Å²) in [5.41, 5.74) is 2.35. The summed E-state index contributed by atoms with van der Waals surface area (Å²) >= 11 is 0. The van der Waals surface area contributed by atoms with E-state index in [4.69, 9.17) is 4.74 Å². The molecule has 3 aromatic rings. The molecule has 2 N–H and O–H groups in total. The molecular formula is C23H24N2O4S. The maximum absolute atomic E-state index is 13.0. The lowest BCUT2D eigenvalue weighted by Crippen LogP contribution is -2.45. The zero-order chi connectivity index (χ0) is 21.6. The van der Waals surface area contributed by atoms with Crippen LogP contribution in [-0.2, 0) is 21.2 Å². The van der Waals surface area contributed by atoms with Gasteiger partial charge >= 0.3 is 0 Å². The molecule has 0 bridgehead atoms. The molecule has 6 nitrogen and oxygen atoms in total. The van der Waals surface area contributed by atoms with Gasteiger partial charge in [0.1, 0.15) is 11.8 Å². The fraction of sp³-hybridized carbons (Fsp3) is 0.174. The number of aryl methyl sites for hydroxylation is 1. The maximum atomic E-state index is 13.0. The van der Waals surface area contributed by atoms with Crippen LogP contribution in [0.3, 0.4) is 0 Å². The Morgan fingerprint density at radius 1 is 0.933 bits per heavy atom. The molecule has 0 aliphatic carbocycles. The van der Waals surface area contributed by atoms with E-state index in [2.05, 4.69) is 10.0 Å². The van der Waals surface area contributed by atoms with Crippen LogP contribution in [-0.4, -0.2) is 27.5 Å². The zero-order valence-electron chi connectivity index (χ0n) is 16.8. The average molecular weight is 425 g/mol. The van der Waals surface area contributed by atoms with E-state index in [1.165, 1.54) is 12.1 Å². The summed E-state index contributed by atoms with van der Waals surface area (Å²) < 4.78 is 33.4. The highest BCUT2D eigenvalue weighted by Crippen LogP contribution is 2.17. The Morgan fingerprint density at radius 2 is 1.57 bits per heavy atom. The van der Waals surface area contributed by atoms with Crippen LogP contribution >= 0.6 is 0 Å². The molecule has 0 unspecified atom stereocenters. The summed E-state index contributed by atoms with van der Waals surface area (Å²) in [6.07, 6.45) is 0.216. The van der Waals surface area contributed by atoms with Gasteiger partial charge in [-0.1, -0.05) is 48.0 Å². The van der Waals surface area contributed by atoms with Crippen molar-refractivity contribution in [1.82, 2.24) is 4.72 Å². The molecule has 0 fully saturated rings. The Labute approximate surface area is 177 Å². The minimum Gasteiger partial charge on any atom is -0.497 e. The fourth-order valence-corrected chi connectivity index (χ4v) is 4.11. The van der Waals surface area contributed by atoms with Crippen molar-refractivity contribution in [3.8, 4) is 5.75 Å². The molecule has 156 valence electrons. The molecule has 0 spiro atoms. The maximum Gasteiger partial charge on any atom is 0.242 e. The van der Waals surface area contributed by atoms with Gasteiger partial charge in [0.05, 0.1) is 12.0 Å². The third kappa shape index (κ3) is 5.68. The van der Waals surface area contributed by atoms with Gasteiger partial charge in [0.25, 0.3) is 0 Å². The molecule has 7 heteroatoms. The van der Waals surface area contributed by atoms with Gasteiger partial charge in [-0.15, -0.1) is 0 Å². The van der Waals surface area contributed by atoms with Crippen molar-refractivity contribution in [1.29, 1.82) is 0 Å². The molecule has 0 radical (unpaired) electrons. The Balaban J connectivity index is 1.83. The molecule has 0 saturated heterocycles. The average Bonchev–Trinajstić information content (AvgIpc) is 2.74. The first-order valence-electron chi connectivity index (χ1n) is 9.45. The number of rotatable bonds is 8. The second kappa shape index (κ2) is 9.56. The number of anilines is 1. The van der Waals surface area contributed by atoms with Crippen molar-refractivity contribution in [2.45, 2.75) is 24.3 Å². The molecule has 1 amide bonds. The van der Waals surface area contributed by atoms with Crippen LogP contribution in [0.15, 0.2) is 83.8 Å². The molecule has 0 heterocycles. The first kappa shape index (κ1) is 21.5. The van der Waals surface area contributed by atoms with E-state index in [0.29, 0.717) is 11.4 Å². The van der Waals surface area contributed by atoms with Gasteiger partial charge in [0, 0.05) is 5.69 Å². The Hall–Kier alpha value is -3.16. The lowest BCUT2D eigenvalue weighted by Gasteiger charge is -2.19. The van der Waals surface area contributed by atoms with E-state index in [1.54, 1.807) is 43.5 Å². The van der Waals surface area contributed by atoms with Gasteiger partial charge in [-0.25, -0.2) is 8.42 Å². The van der Waals surface area contributed by atoms with Crippen molar-refractivity contribution in [3.05, 3.63) is 90.0 Å². The van der Waals surface area contributed by atoms with Gasteiger partial charge in [0.2, 0.25) is 15.9 Å². The molecule has 0 aliphatic heterocycles. The predicted octanol–water partition coefficient (Wildman–Crippen LogP) is 3.53. The van der Waals surface area contributed by atoms with E-state index < -0.39 is 22.0 Å². The molecular weight excluding hydrogens is 400 g/mol. The Bertz CT molecular complexity index is 1080. The molecule has 0 saturated carbocycles. The van der Waals surface area contributed by atoms with Gasteiger partial charge in [-0.3, -0.25) is 4.79 Å². The number of carbonyl (C=O) groups excluding carboxylic acids is 1. The molecule has 3 aromatic carbocycles. The van der Waals surface area contributed by atoms with Crippen LogP contribution in [0.25, 0.3) is 0 Å². The number of hydrogen-bond acceptors (Lipinski definition) is 4. The highest BCUT2D eigenvalue weighted by Gasteiger charge is 2.26. The second-order valence-corrected chi connectivity index (χ2v) is 8.61. The molecule has 3 rings (SSSR count). The monoisotopic (exact) mass is 424 g/mol. The number of methoxy groups -OCH3 is 1. The number of ether oxygens (including phenoxy) is 1. The SMILES string of the molecule is COc1ccc(NC(=O)[C@@H](Cc2ccccc2)NS(=O)(=O)c2ccc(C)cc2)cc1. The summed E-state index contributed by atoms with van der Waals surface area (Å²) in [6.45, 7) is 1.88. The number of benzene rings is 3. The van der Waals surface area contributed by atoms with Crippen LogP contribution in [0.2, 0.25) is 0 Å². The topological polar surface area (TPSA) is 84.5 Å². The van der Waals surface area contributed by atoms with Crippen LogP contribution in [0.1, 0.15) is 11.1 Å². The van der Waals surface area contributed by atoms with E-state index in [-0.39, 0.29) is 11.3 Å². The quantitative estimate of drug-likeness (QED) is 0.579. The van der Waals surface area contributed by atoms with Crippen molar-refractivity contribution in [3.63, 3.8) is 0 Å². The van der Waals surface area contributed by atoms with E-state index in [9.17, 15) is 13.2 Å². The first-order chi connectivity index (χ1) is 14.4. The first-order valence-corrected chi connectivity index (χ1v) is 10.9. The van der Waals surface area contributed by atoms with Gasteiger partial charge < -0.3 is 10.1 Å². The standard InChI is InChI=1S/C23H24N2O4S/c1-17-8-14-21(15-9-17)30(27,28)25-22(16-18-6-4-3-5-7-18)23(26)24-19-10-12-20(29-2)13-11-19/h3-15,22,25H,16H2,1-2H3,(H,24,26)/t22-/m1/s1. The summed E-state index contributed by atoms with van der Waals surface area (Å²) in [7, 11) is -2.32. The molecule has 1 atom stereocenters. The number of sulfonamides is 1. The normalized spacial score (nSPS) is 12.2. The van der Waals surface area contributed by atoms with Gasteiger partial charge in [-0.2, -0.15) is 4.72 Å². The van der Waals surface area contributed by atoms with Crippen molar-refractivity contribution >= 4 is 21.6 Å². The smallest absolute Gasteiger partial charge is 0.242 e. The number of nitrogens with one attached hydrogen (secondary N) is 2. The van der Waals surface area contributed by atoms with Crippen LogP contribution in [0.5, 0.6) is 5.75 Å². The largest absolute Gasteiger partial charge is 0.497 e. The highest BCUT2D eigenvalue weighted by atomic mass is 32.2.